The van der Waals surface area contributed by atoms with E-state index in [1.54, 1.807) is 0 Å². The summed E-state index contributed by atoms with van der Waals surface area (Å²) in [6.45, 7) is 4.37. The fraction of sp³-hybridized carbons (Fsp3) is 0.857. The van der Waals surface area contributed by atoms with Crippen molar-refractivity contribution in [1.82, 2.24) is 20.3 Å². The molecule has 3 rings (SSSR count). The SMILES string of the molecule is CC1CCCC(n2cc(CNCC3CC3)nn2)C1. The van der Waals surface area contributed by atoms with Gasteiger partial charge in [0.2, 0.25) is 0 Å². The Bertz CT molecular complexity index is 383. The van der Waals surface area contributed by atoms with Gasteiger partial charge in [-0.05, 0) is 44.1 Å². The summed E-state index contributed by atoms with van der Waals surface area (Å²) in [5, 5.41) is 12.1. The van der Waals surface area contributed by atoms with Gasteiger partial charge < -0.3 is 5.32 Å². The van der Waals surface area contributed by atoms with Crippen molar-refractivity contribution in [3.8, 4) is 0 Å². The minimum absolute atomic E-state index is 0.582. The number of aromatic nitrogens is 3. The molecule has 4 nitrogen and oxygen atoms in total. The lowest BCUT2D eigenvalue weighted by atomic mass is 9.87. The third-order valence-electron chi connectivity index (χ3n) is 4.28. The average Bonchev–Trinajstić information content (AvgIpc) is 3.06. The van der Waals surface area contributed by atoms with Crippen LogP contribution in [0.15, 0.2) is 6.20 Å². The molecule has 1 aromatic heterocycles. The van der Waals surface area contributed by atoms with Crippen LogP contribution in [-0.2, 0) is 6.54 Å². The first-order valence-electron chi connectivity index (χ1n) is 7.42. The normalized spacial score (nSPS) is 28.5. The van der Waals surface area contributed by atoms with Crippen molar-refractivity contribution in [1.29, 1.82) is 0 Å². The summed E-state index contributed by atoms with van der Waals surface area (Å²) in [6.07, 6.45) is 10.2. The van der Waals surface area contributed by atoms with E-state index in [9.17, 15) is 0 Å². The first kappa shape index (κ1) is 12.2. The molecule has 0 radical (unpaired) electrons. The third kappa shape index (κ3) is 3.10. The first-order chi connectivity index (χ1) is 8.81. The zero-order valence-electron chi connectivity index (χ0n) is 11.3. The molecule has 2 aliphatic rings. The number of nitrogens with one attached hydrogen (secondary N) is 1. The largest absolute Gasteiger partial charge is 0.311 e. The molecular formula is C14H24N4. The van der Waals surface area contributed by atoms with Gasteiger partial charge in [0, 0.05) is 6.54 Å². The van der Waals surface area contributed by atoms with E-state index in [0.29, 0.717) is 6.04 Å². The monoisotopic (exact) mass is 248 g/mol. The third-order valence-corrected chi connectivity index (χ3v) is 4.28. The lowest BCUT2D eigenvalue weighted by Gasteiger charge is -2.26. The van der Waals surface area contributed by atoms with Crippen LogP contribution in [0.3, 0.4) is 0 Å². The Balaban J connectivity index is 1.51. The molecule has 1 heterocycles. The van der Waals surface area contributed by atoms with Crippen molar-refractivity contribution >= 4 is 0 Å². The number of hydrogen-bond acceptors (Lipinski definition) is 3. The van der Waals surface area contributed by atoms with E-state index in [1.165, 1.54) is 38.5 Å². The zero-order valence-corrected chi connectivity index (χ0v) is 11.3. The molecular weight excluding hydrogens is 224 g/mol. The van der Waals surface area contributed by atoms with Crippen LogP contribution in [0, 0.1) is 11.8 Å². The summed E-state index contributed by atoms with van der Waals surface area (Å²) in [4.78, 5) is 0. The second-order valence-corrected chi connectivity index (χ2v) is 6.19. The Morgan fingerprint density at radius 2 is 2.22 bits per heavy atom. The summed E-state index contributed by atoms with van der Waals surface area (Å²) in [6, 6.07) is 0.582. The standard InChI is InChI=1S/C14H24N4/c1-11-3-2-4-14(7-11)18-10-13(16-17-18)9-15-8-12-5-6-12/h10-12,14-15H,2-9H2,1H3. The Labute approximate surface area is 109 Å². The van der Waals surface area contributed by atoms with E-state index < -0.39 is 0 Å². The van der Waals surface area contributed by atoms with Gasteiger partial charge in [-0.25, -0.2) is 4.68 Å². The van der Waals surface area contributed by atoms with Gasteiger partial charge in [0.15, 0.2) is 0 Å². The zero-order chi connectivity index (χ0) is 12.4. The average molecular weight is 248 g/mol. The minimum atomic E-state index is 0.582. The van der Waals surface area contributed by atoms with Crippen molar-refractivity contribution in [2.75, 3.05) is 6.54 Å². The molecule has 2 unspecified atom stereocenters. The second-order valence-electron chi connectivity index (χ2n) is 6.19. The summed E-state index contributed by atoms with van der Waals surface area (Å²) in [5.74, 6) is 1.77. The predicted molar refractivity (Wildman–Crippen MR) is 71.1 cm³/mol. The molecule has 2 saturated carbocycles. The highest BCUT2D eigenvalue weighted by molar-refractivity contribution is 4.94. The van der Waals surface area contributed by atoms with Crippen LogP contribution in [0.4, 0.5) is 0 Å². The molecule has 4 heteroatoms. The molecule has 2 aliphatic carbocycles. The van der Waals surface area contributed by atoms with Gasteiger partial charge in [0.1, 0.15) is 0 Å². The number of nitrogens with zero attached hydrogens (tertiary/aromatic N) is 3. The highest BCUT2D eigenvalue weighted by Gasteiger charge is 2.22. The van der Waals surface area contributed by atoms with E-state index in [2.05, 4.69) is 33.4 Å². The molecule has 100 valence electrons. The fourth-order valence-corrected chi connectivity index (χ4v) is 2.94. The Morgan fingerprint density at radius 1 is 1.33 bits per heavy atom. The number of hydrogen-bond donors (Lipinski definition) is 1. The summed E-state index contributed by atoms with van der Waals surface area (Å²) in [5.41, 5.74) is 1.09. The fourth-order valence-electron chi connectivity index (χ4n) is 2.94. The van der Waals surface area contributed by atoms with Crippen molar-refractivity contribution in [2.24, 2.45) is 11.8 Å². The molecule has 1 aromatic rings. The smallest absolute Gasteiger partial charge is 0.0964 e. The maximum atomic E-state index is 4.31. The molecule has 2 fully saturated rings. The molecule has 0 spiro atoms. The van der Waals surface area contributed by atoms with Crippen molar-refractivity contribution in [2.45, 2.75) is 58.0 Å². The van der Waals surface area contributed by atoms with E-state index in [4.69, 9.17) is 0 Å². The van der Waals surface area contributed by atoms with Crippen LogP contribution < -0.4 is 5.32 Å². The van der Waals surface area contributed by atoms with E-state index in [-0.39, 0.29) is 0 Å². The molecule has 1 N–H and O–H groups in total. The molecule has 0 aromatic carbocycles. The summed E-state index contributed by atoms with van der Waals surface area (Å²) in [7, 11) is 0. The van der Waals surface area contributed by atoms with Crippen molar-refractivity contribution in [3.05, 3.63) is 11.9 Å². The van der Waals surface area contributed by atoms with Gasteiger partial charge in [-0.1, -0.05) is 25.0 Å². The second kappa shape index (κ2) is 5.39. The van der Waals surface area contributed by atoms with Gasteiger partial charge >= 0.3 is 0 Å². The molecule has 0 amide bonds. The highest BCUT2D eigenvalue weighted by Crippen LogP contribution is 2.31. The molecule has 0 bridgehead atoms. The first-order valence-corrected chi connectivity index (χ1v) is 7.42. The van der Waals surface area contributed by atoms with Gasteiger partial charge in [-0.15, -0.1) is 5.10 Å². The Morgan fingerprint density at radius 3 is 3.00 bits per heavy atom. The highest BCUT2D eigenvalue weighted by atomic mass is 15.4. The molecule has 2 atom stereocenters. The van der Waals surface area contributed by atoms with Crippen LogP contribution in [0.5, 0.6) is 0 Å². The predicted octanol–water partition coefficient (Wildman–Crippen LogP) is 2.53. The van der Waals surface area contributed by atoms with Crippen LogP contribution >= 0.6 is 0 Å². The maximum absolute atomic E-state index is 4.31. The van der Waals surface area contributed by atoms with E-state index >= 15 is 0 Å². The van der Waals surface area contributed by atoms with Crippen LogP contribution in [0.25, 0.3) is 0 Å². The molecule has 18 heavy (non-hydrogen) atoms. The van der Waals surface area contributed by atoms with Crippen LogP contribution in [-0.4, -0.2) is 21.5 Å². The van der Waals surface area contributed by atoms with E-state index in [1.807, 2.05) is 0 Å². The van der Waals surface area contributed by atoms with Crippen molar-refractivity contribution < 1.29 is 0 Å². The number of rotatable bonds is 5. The van der Waals surface area contributed by atoms with Gasteiger partial charge in [0.05, 0.1) is 17.9 Å². The van der Waals surface area contributed by atoms with Gasteiger partial charge in [0.25, 0.3) is 0 Å². The maximum Gasteiger partial charge on any atom is 0.0964 e. The lowest BCUT2D eigenvalue weighted by Crippen LogP contribution is -2.18. The van der Waals surface area contributed by atoms with Crippen LogP contribution in [0.2, 0.25) is 0 Å². The Hall–Kier alpha value is -0.900. The Kier molecular flexibility index (Phi) is 3.64. The van der Waals surface area contributed by atoms with Crippen molar-refractivity contribution in [3.63, 3.8) is 0 Å². The van der Waals surface area contributed by atoms with E-state index in [0.717, 1.165) is 30.6 Å². The quantitative estimate of drug-likeness (QED) is 0.870. The summed E-state index contributed by atoms with van der Waals surface area (Å²) < 4.78 is 2.10. The summed E-state index contributed by atoms with van der Waals surface area (Å²) >= 11 is 0. The molecule has 0 saturated heterocycles. The minimum Gasteiger partial charge on any atom is -0.311 e. The van der Waals surface area contributed by atoms with Gasteiger partial charge in [-0.3, -0.25) is 0 Å². The molecule has 0 aliphatic heterocycles. The lowest BCUT2D eigenvalue weighted by molar-refractivity contribution is 0.263. The topological polar surface area (TPSA) is 42.7 Å². The van der Waals surface area contributed by atoms with Crippen LogP contribution in [0.1, 0.15) is 57.2 Å². The van der Waals surface area contributed by atoms with Gasteiger partial charge in [-0.2, -0.15) is 0 Å².